The second-order valence-electron chi connectivity index (χ2n) is 3.45. The zero-order chi connectivity index (χ0) is 9.42. The summed E-state index contributed by atoms with van der Waals surface area (Å²) in [5, 5.41) is 0. The number of hydrogen-bond acceptors (Lipinski definition) is 1. The van der Waals surface area contributed by atoms with Gasteiger partial charge in [0.1, 0.15) is 5.82 Å². The van der Waals surface area contributed by atoms with Crippen LogP contribution < -0.4 is 5.73 Å². The summed E-state index contributed by atoms with van der Waals surface area (Å²) in [7, 11) is 0. The van der Waals surface area contributed by atoms with E-state index in [2.05, 4.69) is 6.08 Å². The zero-order valence-electron chi connectivity index (χ0n) is 7.55. The predicted molar refractivity (Wildman–Crippen MR) is 51.7 cm³/mol. The Morgan fingerprint density at radius 1 is 1.46 bits per heavy atom. The fraction of sp³-hybridized carbons (Fsp3) is 0.273. The van der Waals surface area contributed by atoms with Crippen molar-refractivity contribution in [2.45, 2.75) is 19.4 Å². The van der Waals surface area contributed by atoms with Crippen LogP contribution in [-0.4, -0.2) is 6.04 Å². The van der Waals surface area contributed by atoms with Gasteiger partial charge in [-0.05, 0) is 42.2 Å². The van der Waals surface area contributed by atoms with Crippen molar-refractivity contribution in [2.24, 2.45) is 5.73 Å². The van der Waals surface area contributed by atoms with Crippen LogP contribution in [0.25, 0.3) is 5.57 Å². The van der Waals surface area contributed by atoms with Gasteiger partial charge in [-0.25, -0.2) is 4.39 Å². The quantitative estimate of drug-likeness (QED) is 0.698. The van der Waals surface area contributed by atoms with E-state index < -0.39 is 0 Å². The summed E-state index contributed by atoms with van der Waals surface area (Å²) in [6.45, 7) is 1.92. The molecule has 1 aromatic carbocycles. The highest BCUT2D eigenvalue weighted by Gasteiger charge is 2.16. The molecule has 0 saturated carbocycles. The Kier molecular flexibility index (Phi) is 1.93. The van der Waals surface area contributed by atoms with E-state index in [0.29, 0.717) is 0 Å². The van der Waals surface area contributed by atoms with Crippen LogP contribution in [0, 0.1) is 5.82 Å². The number of rotatable bonds is 1. The summed E-state index contributed by atoms with van der Waals surface area (Å²) >= 11 is 0. The van der Waals surface area contributed by atoms with Crippen LogP contribution in [0.5, 0.6) is 0 Å². The average Bonchev–Trinajstić information content (AvgIpc) is 2.46. The fourth-order valence-corrected chi connectivity index (χ4v) is 1.76. The molecule has 1 aromatic rings. The first kappa shape index (κ1) is 8.45. The maximum atomic E-state index is 12.9. The number of fused-ring (bicyclic) bond motifs is 1. The summed E-state index contributed by atoms with van der Waals surface area (Å²) in [4.78, 5) is 0. The Morgan fingerprint density at radius 3 is 2.92 bits per heavy atom. The van der Waals surface area contributed by atoms with Crippen LogP contribution in [0.1, 0.15) is 18.1 Å². The lowest BCUT2D eigenvalue weighted by molar-refractivity contribution is 0.626. The normalized spacial score (nSPS) is 16.7. The molecule has 2 rings (SSSR count). The highest BCUT2D eigenvalue weighted by molar-refractivity contribution is 5.75. The SMILES string of the molecule is CC(N)C1=CCc2ccc(F)cc21. The van der Waals surface area contributed by atoms with E-state index in [1.807, 2.05) is 13.0 Å². The summed E-state index contributed by atoms with van der Waals surface area (Å²) in [5.74, 6) is -0.188. The van der Waals surface area contributed by atoms with Crippen LogP contribution in [0.2, 0.25) is 0 Å². The van der Waals surface area contributed by atoms with E-state index in [9.17, 15) is 4.39 Å². The molecule has 0 spiro atoms. The second kappa shape index (κ2) is 2.96. The summed E-state index contributed by atoms with van der Waals surface area (Å²) in [6.07, 6.45) is 2.96. The van der Waals surface area contributed by atoms with Crippen molar-refractivity contribution in [3.05, 3.63) is 41.2 Å². The highest BCUT2D eigenvalue weighted by atomic mass is 19.1. The third-order valence-corrected chi connectivity index (χ3v) is 2.42. The van der Waals surface area contributed by atoms with Gasteiger partial charge in [0.05, 0.1) is 0 Å². The Morgan fingerprint density at radius 2 is 2.23 bits per heavy atom. The number of nitrogens with two attached hydrogens (primary N) is 1. The third kappa shape index (κ3) is 1.38. The summed E-state index contributed by atoms with van der Waals surface area (Å²) in [5.41, 5.74) is 8.99. The molecule has 0 fully saturated rings. The lowest BCUT2D eigenvalue weighted by atomic mass is 10.0. The molecule has 68 valence electrons. The van der Waals surface area contributed by atoms with Crippen LogP contribution in [-0.2, 0) is 6.42 Å². The topological polar surface area (TPSA) is 26.0 Å². The van der Waals surface area contributed by atoms with Crippen molar-refractivity contribution >= 4 is 5.57 Å². The molecule has 0 heterocycles. The summed E-state index contributed by atoms with van der Waals surface area (Å²) < 4.78 is 12.9. The van der Waals surface area contributed by atoms with E-state index in [4.69, 9.17) is 5.73 Å². The maximum Gasteiger partial charge on any atom is 0.123 e. The standard InChI is InChI=1S/C11H12FN/c1-7(13)10-5-3-8-2-4-9(12)6-11(8)10/h2,4-7H,3,13H2,1H3. The molecule has 1 aliphatic rings. The lowest BCUT2D eigenvalue weighted by Gasteiger charge is -2.08. The van der Waals surface area contributed by atoms with E-state index in [1.54, 1.807) is 6.07 Å². The minimum atomic E-state index is -0.188. The Bertz CT molecular complexity index is 366. The van der Waals surface area contributed by atoms with Gasteiger partial charge >= 0.3 is 0 Å². The molecular formula is C11H12FN. The molecule has 0 bridgehead atoms. The second-order valence-corrected chi connectivity index (χ2v) is 3.45. The zero-order valence-corrected chi connectivity index (χ0v) is 7.55. The van der Waals surface area contributed by atoms with Gasteiger partial charge in [-0.15, -0.1) is 0 Å². The minimum Gasteiger partial charge on any atom is -0.324 e. The molecule has 0 radical (unpaired) electrons. The predicted octanol–water partition coefficient (Wildman–Crippen LogP) is 2.11. The molecule has 1 unspecified atom stereocenters. The van der Waals surface area contributed by atoms with Gasteiger partial charge in [-0.2, -0.15) is 0 Å². The highest BCUT2D eigenvalue weighted by Crippen LogP contribution is 2.29. The van der Waals surface area contributed by atoms with E-state index in [-0.39, 0.29) is 11.9 Å². The van der Waals surface area contributed by atoms with Crippen LogP contribution >= 0.6 is 0 Å². The number of allylic oxidation sites excluding steroid dienone is 1. The molecule has 0 saturated heterocycles. The van der Waals surface area contributed by atoms with Crippen molar-refractivity contribution in [1.29, 1.82) is 0 Å². The van der Waals surface area contributed by atoms with E-state index >= 15 is 0 Å². The molecule has 0 aliphatic heterocycles. The van der Waals surface area contributed by atoms with Crippen molar-refractivity contribution in [3.63, 3.8) is 0 Å². The molecule has 0 aromatic heterocycles. The largest absolute Gasteiger partial charge is 0.324 e. The smallest absolute Gasteiger partial charge is 0.123 e. The van der Waals surface area contributed by atoms with E-state index in [1.165, 1.54) is 11.6 Å². The average molecular weight is 177 g/mol. The summed E-state index contributed by atoms with van der Waals surface area (Å²) in [6, 6.07) is 4.88. The minimum absolute atomic E-state index is 0.0111. The lowest BCUT2D eigenvalue weighted by Crippen LogP contribution is -2.16. The molecule has 13 heavy (non-hydrogen) atoms. The molecule has 2 N–H and O–H groups in total. The molecule has 1 aliphatic carbocycles. The molecule has 0 amide bonds. The van der Waals surface area contributed by atoms with Crippen LogP contribution in [0.3, 0.4) is 0 Å². The monoisotopic (exact) mass is 177 g/mol. The number of halogens is 1. The molecular weight excluding hydrogens is 165 g/mol. The van der Waals surface area contributed by atoms with Gasteiger partial charge in [0.15, 0.2) is 0 Å². The first-order valence-corrected chi connectivity index (χ1v) is 4.43. The third-order valence-electron chi connectivity index (χ3n) is 2.42. The maximum absolute atomic E-state index is 12.9. The number of benzene rings is 1. The first-order chi connectivity index (χ1) is 6.18. The Balaban J connectivity index is 2.48. The molecule has 1 nitrogen and oxygen atoms in total. The molecule has 2 heteroatoms. The van der Waals surface area contributed by atoms with Gasteiger partial charge in [0, 0.05) is 6.04 Å². The van der Waals surface area contributed by atoms with E-state index in [0.717, 1.165) is 17.6 Å². The van der Waals surface area contributed by atoms with Gasteiger partial charge in [-0.3, -0.25) is 0 Å². The van der Waals surface area contributed by atoms with Crippen molar-refractivity contribution in [3.8, 4) is 0 Å². The Labute approximate surface area is 77.1 Å². The number of hydrogen-bond donors (Lipinski definition) is 1. The van der Waals surface area contributed by atoms with Gasteiger partial charge in [-0.1, -0.05) is 12.1 Å². The van der Waals surface area contributed by atoms with Crippen molar-refractivity contribution in [2.75, 3.05) is 0 Å². The molecule has 1 atom stereocenters. The van der Waals surface area contributed by atoms with Gasteiger partial charge in [0.25, 0.3) is 0 Å². The van der Waals surface area contributed by atoms with Gasteiger partial charge < -0.3 is 5.73 Å². The fourth-order valence-electron chi connectivity index (χ4n) is 1.76. The first-order valence-electron chi connectivity index (χ1n) is 4.43. The van der Waals surface area contributed by atoms with Crippen LogP contribution in [0.15, 0.2) is 24.3 Å². The van der Waals surface area contributed by atoms with Crippen molar-refractivity contribution < 1.29 is 4.39 Å². The van der Waals surface area contributed by atoms with Crippen molar-refractivity contribution in [1.82, 2.24) is 0 Å². The van der Waals surface area contributed by atoms with Gasteiger partial charge in [0.2, 0.25) is 0 Å². The Hall–Kier alpha value is -1.15. The van der Waals surface area contributed by atoms with Crippen LogP contribution in [0.4, 0.5) is 4.39 Å².